The van der Waals surface area contributed by atoms with E-state index in [-0.39, 0.29) is 18.0 Å². The second-order valence-electron chi connectivity index (χ2n) is 5.03. The van der Waals surface area contributed by atoms with Gasteiger partial charge in [0, 0.05) is 6.20 Å². The van der Waals surface area contributed by atoms with E-state index in [0.717, 1.165) is 16.3 Å². The molecule has 0 unspecified atom stereocenters. The van der Waals surface area contributed by atoms with Crippen molar-refractivity contribution >= 4 is 22.6 Å². The molecule has 3 rings (SSSR count). The molecule has 0 aliphatic carbocycles. The molecule has 0 aliphatic heterocycles. The smallest absolute Gasteiger partial charge is 0.273 e. The van der Waals surface area contributed by atoms with Crippen LogP contribution in [-0.4, -0.2) is 16.8 Å². The number of carbonyl (C=O) groups is 2. The molecule has 0 fully saturated rings. The number of hydrogen-bond donors (Lipinski definition) is 2. The minimum absolute atomic E-state index is 0.184. The van der Waals surface area contributed by atoms with Gasteiger partial charge in [0.1, 0.15) is 5.69 Å². The molecule has 2 amide bonds. The molecule has 3 aromatic rings. The minimum atomic E-state index is -0.447. The molecule has 0 saturated heterocycles. The van der Waals surface area contributed by atoms with Gasteiger partial charge in [-0.05, 0) is 28.5 Å². The van der Waals surface area contributed by atoms with E-state index in [1.54, 1.807) is 18.2 Å². The summed E-state index contributed by atoms with van der Waals surface area (Å²) in [6.45, 7) is 0. The lowest BCUT2D eigenvalue weighted by molar-refractivity contribution is -0.121. The first-order valence-corrected chi connectivity index (χ1v) is 7.21. The lowest BCUT2D eigenvalue weighted by atomic mass is 10.0. The zero-order valence-electron chi connectivity index (χ0n) is 12.3. The Kier molecular flexibility index (Phi) is 4.29. The predicted molar refractivity (Wildman–Crippen MR) is 87.5 cm³/mol. The van der Waals surface area contributed by atoms with Gasteiger partial charge >= 0.3 is 0 Å². The average molecular weight is 305 g/mol. The first-order valence-electron chi connectivity index (χ1n) is 7.21. The zero-order chi connectivity index (χ0) is 16.1. The van der Waals surface area contributed by atoms with Crippen LogP contribution >= 0.6 is 0 Å². The van der Waals surface area contributed by atoms with Crippen LogP contribution in [0.15, 0.2) is 66.9 Å². The summed E-state index contributed by atoms with van der Waals surface area (Å²) in [4.78, 5) is 27.8. The first-order chi connectivity index (χ1) is 11.2. The van der Waals surface area contributed by atoms with Gasteiger partial charge in [-0.25, -0.2) is 0 Å². The summed E-state index contributed by atoms with van der Waals surface area (Å²) in [6, 6.07) is 18.7. The summed E-state index contributed by atoms with van der Waals surface area (Å²) < 4.78 is 0. The number of nitrogens with zero attached hydrogens (tertiary/aromatic N) is 1. The largest absolute Gasteiger partial charge is 0.288 e. The summed E-state index contributed by atoms with van der Waals surface area (Å²) in [7, 11) is 0. The lowest BCUT2D eigenvalue weighted by Crippen LogP contribution is -2.42. The molecule has 114 valence electrons. The van der Waals surface area contributed by atoms with Gasteiger partial charge in [-0.15, -0.1) is 0 Å². The first kappa shape index (κ1) is 14.7. The second kappa shape index (κ2) is 6.70. The van der Waals surface area contributed by atoms with Crippen LogP contribution in [0.4, 0.5) is 0 Å². The summed E-state index contributed by atoms with van der Waals surface area (Å²) in [5.41, 5.74) is 5.94. The Morgan fingerprint density at radius 3 is 2.48 bits per heavy atom. The number of aromatic nitrogens is 1. The SMILES string of the molecule is O=C(Cc1cccc2ccccc12)NNC(=O)c1ccccn1. The van der Waals surface area contributed by atoms with Crippen molar-refractivity contribution in [2.24, 2.45) is 0 Å². The average Bonchev–Trinajstić information content (AvgIpc) is 2.61. The Morgan fingerprint density at radius 1 is 0.870 bits per heavy atom. The molecular formula is C18H15N3O2. The standard InChI is InChI=1S/C18H15N3O2/c22-17(20-21-18(23)16-10-3-4-11-19-16)12-14-8-5-7-13-6-1-2-9-15(13)14/h1-11H,12H2,(H,20,22)(H,21,23). The molecule has 2 aromatic carbocycles. The highest BCUT2D eigenvalue weighted by molar-refractivity contribution is 5.94. The van der Waals surface area contributed by atoms with Crippen LogP contribution < -0.4 is 10.9 Å². The number of fused-ring (bicyclic) bond motifs is 1. The van der Waals surface area contributed by atoms with E-state index in [4.69, 9.17) is 0 Å². The molecule has 2 N–H and O–H groups in total. The van der Waals surface area contributed by atoms with E-state index < -0.39 is 5.91 Å². The lowest BCUT2D eigenvalue weighted by Gasteiger charge is -2.09. The Morgan fingerprint density at radius 2 is 1.65 bits per heavy atom. The number of hydrazine groups is 1. The number of nitrogens with one attached hydrogen (secondary N) is 2. The molecule has 0 aliphatic rings. The molecule has 0 atom stereocenters. The van der Waals surface area contributed by atoms with Gasteiger partial charge in [0.15, 0.2) is 0 Å². The van der Waals surface area contributed by atoms with Crippen molar-refractivity contribution in [1.82, 2.24) is 15.8 Å². The third kappa shape index (κ3) is 3.52. The van der Waals surface area contributed by atoms with Crippen LogP contribution in [-0.2, 0) is 11.2 Å². The van der Waals surface area contributed by atoms with Crippen LogP contribution in [0.3, 0.4) is 0 Å². The topological polar surface area (TPSA) is 71.1 Å². The van der Waals surface area contributed by atoms with E-state index >= 15 is 0 Å². The van der Waals surface area contributed by atoms with E-state index in [0.29, 0.717) is 0 Å². The van der Waals surface area contributed by atoms with Gasteiger partial charge in [0.25, 0.3) is 5.91 Å². The van der Waals surface area contributed by atoms with E-state index in [2.05, 4.69) is 15.8 Å². The number of rotatable bonds is 3. The summed E-state index contributed by atoms with van der Waals surface area (Å²) in [5, 5.41) is 2.11. The van der Waals surface area contributed by atoms with Crippen molar-refractivity contribution in [2.45, 2.75) is 6.42 Å². The third-order valence-electron chi connectivity index (χ3n) is 3.44. The molecule has 5 nitrogen and oxygen atoms in total. The Labute approximate surface area is 133 Å². The highest BCUT2D eigenvalue weighted by Crippen LogP contribution is 2.18. The molecule has 0 bridgehead atoms. The minimum Gasteiger partial charge on any atom is -0.273 e. The van der Waals surface area contributed by atoms with E-state index in [1.165, 1.54) is 6.20 Å². The van der Waals surface area contributed by atoms with Gasteiger partial charge in [0.2, 0.25) is 5.91 Å². The van der Waals surface area contributed by atoms with Crippen molar-refractivity contribution in [3.05, 3.63) is 78.1 Å². The van der Waals surface area contributed by atoms with Gasteiger partial charge in [0.05, 0.1) is 6.42 Å². The highest BCUT2D eigenvalue weighted by atomic mass is 16.2. The quantitative estimate of drug-likeness (QED) is 0.729. The number of benzene rings is 2. The van der Waals surface area contributed by atoms with E-state index in [9.17, 15) is 9.59 Å². The number of carbonyl (C=O) groups excluding carboxylic acids is 2. The fraction of sp³-hybridized carbons (Fsp3) is 0.0556. The number of hydrogen-bond acceptors (Lipinski definition) is 3. The molecule has 0 saturated carbocycles. The summed E-state index contributed by atoms with van der Waals surface area (Å²) in [5.74, 6) is -0.734. The maximum Gasteiger partial charge on any atom is 0.288 e. The van der Waals surface area contributed by atoms with Gasteiger partial charge in [-0.3, -0.25) is 25.4 Å². The van der Waals surface area contributed by atoms with Crippen molar-refractivity contribution in [3.63, 3.8) is 0 Å². The van der Waals surface area contributed by atoms with Gasteiger partial charge < -0.3 is 0 Å². The predicted octanol–water partition coefficient (Wildman–Crippen LogP) is 2.24. The maximum absolute atomic E-state index is 12.0. The van der Waals surface area contributed by atoms with Crippen molar-refractivity contribution in [2.75, 3.05) is 0 Å². The molecule has 0 radical (unpaired) electrons. The van der Waals surface area contributed by atoms with Crippen LogP contribution in [0.2, 0.25) is 0 Å². The fourth-order valence-electron chi connectivity index (χ4n) is 2.35. The van der Waals surface area contributed by atoms with Crippen LogP contribution in [0.5, 0.6) is 0 Å². The number of amides is 2. The molecule has 1 aromatic heterocycles. The zero-order valence-corrected chi connectivity index (χ0v) is 12.3. The molecule has 23 heavy (non-hydrogen) atoms. The summed E-state index contributed by atoms with van der Waals surface area (Å²) >= 11 is 0. The third-order valence-corrected chi connectivity index (χ3v) is 3.44. The monoisotopic (exact) mass is 305 g/mol. The van der Waals surface area contributed by atoms with Gasteiger partial charge in [-0.2, -0.15) is 0 Å². The Bertz CT molecular complexity index is 842. The summed E-state index contributed by atoms with van der Waals surface area (Å²) in [6.07, 6.45) is 1.71. The van der Waals surface area contributed by atoms with Crippen molar-refractivity contribution < 1.29 is 9.59 Å². The van der Waals surface area contributed by atoms with Gasteiger partial charge in [-0.1, -0.05) is 48.5 Å². The van der Waals surface area contributed by atoms with Crippen LogP contribution in [0, 0.1) is 0 Å². The molecule has 0 spiro atoms. The normalized spacial score (nSPS) is 10.3. The molecular weight excluding hydrogens is 290 g/mol. The van der Waals surface area contributed by atoms with Crippen LogP contribution in [0.1, 0.15) is 16.1 Å². The Balaban J connectivity index is 1.64. The van der Waals surface area contributed by atoms with E-state index in [1.807, 2.05) is 42.5 Å². The van der Waals surface area contributed by atoms with Crippen LogP contribution in [0.25, 0.3) is 10.8 Å². The fourth-order valence-corrected chi connectivity index (χ4v) is 2.35. The highest BCUT2D eigenvalue weighted by Gasteiger charge is 2.10. The number of pyridine rings is 1. The maximum atomic E-state index is 12.0. The van der Waals surface area contributed by atoms with Crippen molar-refractivity contribution in [1.29, 1.82) is 0 Å². The molecule has 5 heteroatoms. The molecule has 1 heterocycles. The Hall–Kier alpha value is -3.21. The second-order valence-corrected chi connectivity index (χ2v) is 5.03. The van der Waals surface area contributed by atoms with Crippen molar-refractivity contribution in [3.8, 4) is 0 Å².